The lowest BCUT2D eigenvalue weighted by atomic mass is 9.87. The van der Waals surface area contributed by atoms with E-state index in [1.807, 2.05) is 0 Å². The maximum atomic E-state index is 5.77. The summed E-state index contributed by atoms with van der Waals surface area (Å²) in [5.74, 6) is 2.45. The van der Waals surface area contributed by atoms with Crippen LogP contribution in [-0.4, -0.2) is 23.1 Å². The molecule has 1 fully saturated rings. The van der Waals surface area contributed by atoms with Crippen LogP contribution in [-0.2, 0) is 0 Å². The van der Waals surface area contributed by atoms with E-state index in [1.165, 1.54) is 12.8 Å². The molecule has 4 heteroatoms. The standard InChI is InChI=1S/C12H18ClN3/c1-9(2)10-3-5-16(6-4-10)12-14-7-11(13)8-15-12/h7-10H,3-6H2,1-2H3. The fraction of sp³-hybridized carbons (Fsp3) is 0.667. The smallest absolute Gasteiger partial charge is 0.225 e. The van der Waals surface area contributed by atoms with E-state index in [4.69, 9.17) is 11.6 Å². The summed E-state index contributed by atoms with van der Waals surface area (Å²) in [6, 6.07) is 0. The zero-order valence-electron chi connectivity index (χ0n) is 9.86. The first kappa shape index (κ1) is 11.6. The monoisotopic (exact) mass is 239 g/mol. The summed E-state index contributed by atoms with van der Waals surface area (Å²) in [4.78, 5) is 10.8. The molecule has 3 nitrogen and oxygen atoms in total. The Labute approximate surface area is 102 Å². The summed E-state index contributed by atoms with van der Waals surface area (Å²) < 4.78 is 0. The summed E-state index contributed by atoms with van der Waals surface area (Å²) in [6.07, 6.45) is 5.81. The lowest BCUT2D eigenvalue weighted by molar-refractivity contribution is 0.310. The van der Waals surface area contributed by atoms with Gasteiger partial charge in [-0.3, -0.25) is 0 Å². The number of hydrogen-bond donors (Lipinski definition) is 0. The second-order valence-electron chi connectivity index (χ2n) is 4.77. The molecule has 2 heterocycles. The molecule has 0 unspecified atom stereocenters. The van der Waals surface area contributed by atoms with Crippen LogP contribution in [0.2, 0.25) is 5.02 Å². The van der Waals surface area contributed by atoms with Gasteiger partial charge in [-0.1, -0.05) is 25.4 Å². The average molecular weight is 240 g/mol. The minimum Gasteiger partial charge on any atom is -0.341 e. The van der Waals surface area contributed by atoms with Gasteiger partial charge in [0.2, 0.25) is 5.95 Å². The third kappa shape index (κ3) is 2.64. The first-order chi connectivity index (χ1) is 7.66. The Hall–Kier alpha value is -0.830. The lowest BCUT2D eigenvalue weighted by Crippen LogP contribution is -2.36. The molecule has 0 atom stereocenters. The second kappa shape index (κ2) is 5.00. The van der Waals surface area contributed by atoms with Crippen LogP contribution in [0.3, 0.4) is 0 Å². The highest BCUT2D eigenvalue weighted by Crippen LogP contribution is 2.26. The predicted molar refractivity (Wildman–Crippen MR) is 66.8 cm³/mol. The highest BCUT2D eigenvalue weighted by atomic mass is 35.5. The van der Waals surface area contributed by atoms with Gasteiger partial charge in [-0.25, -0.2) is 9.97 Å². The van der Waals surface area contributed by atoms with Crippen molar-refractivity contribution in [2.45, 2.75) is 26.7 Å². The average Bonchev–Trinajstić information content (AvgIpc) is 2.30. The van der Waals surface area contributed by atoms with E-state index in [2.05, 4.69) is 28.7 Å². The van der Waals surface area contributed by atoms with E-state index in [1.54, 1.807) is 12.4 Å². The van der Waals surface area contributed by atoms with Crippen LogP contribution in [0, 0.1) is 11.8 Å². The van der Waals surface area contributed by atoms with Crippen molar-refractivity contribution in [3.8, 4) is 0 Å². The van der Waals surface area contributed by atoms with E-state index in [0.717, 1.165) is 30.9 Å². The maximum Gasteiger partial charge on any atom is 0.225 e. The quantitative estimate of drug-likeness (QED) is 0.795. The molecule has 0 saturated carbocycles. The van der Waals surface area contributed by atoms with Crippen molar-refractivity contribution in [1.82, 2.24) is 9.97 Å². The fourth-order valence-corrected chi connectivity index (χ4v) is 2.33. The molecule has 1 aliphatic heterocycles. The second-order valence-corrected chi connectivity index (χ2v) is 5.21. The Balaban J connectivity index is 1.96. The minimum absolute atomic E-state index is 0.598. The Bertz CT molecular complexity index is 329. The van der Waals surface area contributed by atoms with Crippen molar-refractivity contribution in [2.75, 3.05) is 18.0 Å². The minimum atomic E-state index is 0.598. The third-order valence-corrected chi connectivity index (χ3v) is 3.57. The Kier molecular flexibility index (Phi) is 3.64. The number of rotatable bonds is 2. The van der Waals surface area contributed by atoms with Gasteiger partial charge in [-0.15, -0.1) is 0 Å². The molecule has 0 spiro atoms. The van der Waals surface area contributed by atoms with Gasteiger partial charge in [0.1, 0.15) is 0 Å². The van der Waals surface area contributed by atoms with Gasteiger partial charge < -0.3 is 4.90 Å². The molecule has 88 valence electrons. The van der Waals surface area contributed by atoms with E-state index in [-0.39, 0.29) is 0 Å². The normalized spacial score (nSPS) is 18.1. The summed E-state index contributed by atoms with van der Waals surface area (Å²) >= 11 is 5.77. The van der Waals surface area contributed by atoms with Crippen molar-refractivity contribution in [3.05, 3.63) is 17.4 Å². The molecule has 1 saturated heterocycles. The van der Waals surface area contributed by atoms with E-state index >= 15 is 0 Å². The van der Waals surface area contributed by atoms with Gasteiger partial charge in [0, 0.05) is 13.1 Å². The highest BCUT2D eigenvalue weighted by Gasteiger charge is 2.22. The van der Waals surface area contributed by atoms with Gasteiger partial charge in [0.25, 0.3) is 0 Å². The molecular weight excluding hydrogens is 222 g/mol. The van der Waals surface area contributed by atoms with Gasteiger partial charge in [-0.2, -0.15) is 0 Å². The maximum absolute atomic E-state index is 5.77. The molecule has 1 aromatic rings. The van der Waals surface area contributed by atoms with Crippen LogP contribution >= 0.6 is 11.6 Å². The van der Waals surface area contributed by atoms with Crippen LogP contribution in [0.5, 0.6) is 0 Å². The van der Waals surface area contributed by atoms with Crippen LogP contribution in [0.15, 0.2) is 12.4 Å². The molecule has 0 aliphatic carbocycles. The largest absolute Gasteiger partial charge is 0.341 e. The SMILES string of the molecule is CC(C)C1CCN(c2ncc(Cl)cn2)CC1. The first-order valence-electron chi connectivity index (χ1n) is 5.89. The summed E-state index contributed by atoms with van der Waals surface area (Å²) in [5, 5.41) is 0.598. The van der Waals surface area contributed by atoms with Crippen LogP contribution in [0.4, 0.5) is 5.95 Å². The molecule has 2 rings (SSSR count). The summed E-state index contributed by atoms with van der Waals surface area (Å²) in [7, 11) is 0. The molecule has 0 bridgehead atoms. The molecule has 0 amide bonds. The van der Waals surface area contributed by atoms with Crippen molar-refractivity contribution < 1.29 is 0 Å². The Morgan fingerprint density at radius 3 is 2.31 bits per heavy atom. The number of anilines is 1. The number of halogens is 1. The third-order valence-electron chi connectivity index (χ3n) is 3.37. The summed E-state index contributed by atoms with van der Waals surface area (Å²) in [5.41, 5.74) is 0. The molecule has 1 aromatic heterocycles. The molecule has 16 heavy (non-hydrogen) atoms. The van der Waals surface area contributed by atoms with Gasteiger partial charge in [0.05, 0.1) is 17.4 Å². The van der Waals surface area contributed by atoms with E-state index in [9.17, 15) is 0 Å². The van der Waals surface area contributed by atoms with Crippen molar-refractivity contribution in [2.24, 2.45) is 11.8 Å². The topological polar surface area (TPSA) is 29.0 Å². The van der Waals surface area contributed by atoms with Crippen molar-refractivity contribution in [1.29, 1.82) is 0 Å². The molecule has 0 radical (unpaired) electrons. The van der Waals surface area contributed by atoms with Gasteiger partial charge in [0.15, 0.2) is 0 Å². The molecule has 0 aromatic carbocycles. The first-order valence-corrected chi connectivity index (χ1v) is 6.27. The number of aromatic nitrogens is 2. The van der Waals surface area contributed by atoms with E-state index in [0.29, 0.717) is 5.02 Å². The van der Waals surface area contributed by atoms with E-state index < -0.39 is 0 Å². The van der Waals surface area contributed by atoms with Crippen LogP contribution < -0.4 is 4.90 Å². The predicted octanol–water partition coefficient (Wildman–Crippen LogP) is 3.00. The van der Waals surface area contributed by atoms with Gasteiger partial charge in [-0.05, 0) is 24.7 Å². The molecular formula is C12H18ClN3. The Morgan fingerprint density at radius 2 is 1.81 bits per heavy atom. The highest BCUT2D eigenvalue weighted by molar-refractivity contribution is 6.30. The van der Waals surface area contributed by atoms with Crippen molar-refractivity contribution in [3.63, 3.8) is 0 Å². The van der Waals surface area contributed by atoms with Crippen LogP contribution in [0.1, 0.15) is 26.7 Å². The lowest BCUT2D eigenvalue weighted by Gasteiger charge is -2.33. The van der Waals surface area contributed by atoms with Crippen LogP contribution in [0.25, 0.3) is 0 Å². The number of nitrogens with zero attached hydrogens (tertiary/aromatic N) is 3. The van der Waals surface area contributed by atoms with Gasteiger partial charge >= 0.3 is 0 Å². The van der Waals surface area contributed by atoms with Crippen molar-refractivity contribution >= 4 is 17.5 Å². The zero-order valence-corrected chi connectivity index (χ0v) is 10.6. The summed E-state index contributed by atoms with van der Waals surface area (Å²) in [6.45, 7) is 6.73. The molecule has 0 N–H and O–H groups in total. The Morgan fingerprint density at radius 1 is 1.25 bits per heavy atom. The number of hydrogen-bond acceptors (Lipinski definition) is 3. The molecule has 1 aliphatic rings. The zero-order chi connectivity index (χ0) is 11.5. The fourth-order valence-electron chi connectivity index (χ4n) is 2.23. The number of piperidine rings is 1.